The van der Waals surface area contributed by atoms with Gasteiger partial charge in [0, 0.05) is 74.5 Å². The predicted octanol–water partition coefficient (Wildman–Crippen LogP) is 0.0971. The zero-order valence-electron chi connectivity index (χ0n) is 1.66. The molecule has 0 rings (SSSR count). The first-order chi connectivity index (χ1) is 0. The standard InChI is InChI=1S/Cu.P.Sn.Te. The van der Waals surface area contributed by atoms with Gasteiger partial charge in [-0.1, -0.05) is 0 Å². The van der Waals surface area contributed by atoms with Crippen molar-refractivity contribution in [3.63, 3.8) is 0 Å². The van der Waals surface area contributed by atoms with Crippen LogP contribution in [0.4, 0.5) is 0 Å². The molecule has 0 nitrogen and oxygen atoms in total. The van der Waals surface area contributed by atoms with Crippen molar-refractivity contribution in [3.8, 4) is 0 Å². The van der Waals surface area contributed by atoms with Gasteiger partial charge in [0.1, 0.15) is 0 Å². The molecule has 0 spiro atoms. The third-order valence-corrected chi connectivity index (χ3v) is 0. The van der Waals surface area contributed by atoms with E-state index in [0.717, 1.165) is 0 Å². The number of hydrogen-bond acceptors (Lipinski definition) is 0. The zero-order chi connectivity index (χ0) is 0. The molecular formula is CuPSnTe. The van der Waals surface area contributed by atoms with Gasteiger partial charge in [0.15, 0.2) is 0 Å². The molecule has 0 bridgehead atoms. The molecule has 0 atom stereocenters. The van der Waals surface area contributed by atoms with E-state index in [0.29, 0.717) is 0 Å². The van der Waals surface area contributed by atoms with Gasteiger partial charge >= 0.3 is 0 Å². The van der Waals surface area contributed by atoms with Crippen LogP contribution in [0.25, 0.3) is 0 Å². The van der Waals surface area contributed by atoms with Crippen molar-refractivity contribution in [2.24, 2.45) is 0 Å². The SMILES string of the molecule is [Cu].[P].[Sn].[Te]. The molecule has 0 aliphatic carbocycles. The fourth-order valence-corrected chi connectivity index (χ4v) is 0. The van der Waals surface area contributed by atoms with Gasteiger partial charge in [-0.2, -0.15) is 0 Å². The van der Waals surface area contributed by atoms with Crippen LogP contribution in [-0.2, 0) is 17.1 Å². The van der Waals surface area contributed by atoms with Gasteiger partial charge in [0.25, 0.3) is 0 Å². The summed E-state index contributed by atoms with van der Waals surface area (Å²) in [5.74, 6) is 0. The summed E-state index contributed by atoms with van der Waals surface area (Å²) < 4.78 is 0. The molecule has 0 saturated carbocycles. The van der Waals surface area contributed by atoms with Crippen LogP contribution in [0.1, 0.15) is 0 Å². The largest absolute Gasteiger partial charge is 0 e. The molecule has 4 heavy (non-hydrogen) atoms. The zero-order valence-corrected chi connectivity index (χ0v) is 8.68. The minimum absolute atomic E-state index is 0. The van der Waals surface area contributed by atoms with E-state index >= 15 is 0 Å². The summed E-state index contributed by atoms with van der Waals surface area (Å²) in [5.41, 5.74) is 0. The normalized spacial score (nSPS) is 0. The Morgan fingerprint density at radius 1 is 1.00 bits per heavy atom. The van der Waals surface area contributed by atoms with Crippen molar-refractivity contribution in [1.29, 1.82) is 0 Å². The Kier molecular flexibility index (Phi) is 138. The topological polar surface area (TPSA) is 0 Å². The van der Waals surface area contributed by atoms with Crippen LogP contribution in [0.5, 0.6) is 0 Å². The summed E-state index contributed by atoms with van der Waals surface area (Å²) in [6, 6.07) is 0. The molecule has 0 heterocycles. The van der Waals surface area contributed by atoms with E-state index in [1.54, 1.807) is 0 Å². The second kappa shape index (κ2) is 17.7. The number of rotatable bonds is 0. The molecule has 0 amide bonds. The Hall–Kier alpha value is 2.54. The van der Waals surface area contributed by atoms with E-state index in [-0.39, 0.29) is 74.5 Å². The Balaban J connectivity index is 0. The molecule has 4 heteroatoms. The van der Waals surface area contributed by atoms with Crippen LogP contribution < -0.4 is 0 Å². The van der Waals surface area contributed by atoms with Crippen molar-refractivity contribution in [1.82, 2.24) is 0 Å². The first kappa shape index (κ1) is 31.1. The molecule has 0 fully saturated rings. The molecule has 0 aromatic rings. The Labute approximate surface area is 73.6 Å². The Morgan fingerprint density at radius 2 is 1.00 bits per heavy atom. The molecule has 0 saturated heterocycles. The maximum Gasteiger partial charge on any atom is 0 e. The van der Waals surface area contributed by atoms with Gasteiger partial charge in [0.05, 0.1) is 0 Å². The molecule has 0 aliphatic heterocycles. The average Bonchev–Trinajstić information content (AvgIpc) is 0. The van der Waals surface area contributed by atoms with E-state index in [1.165, 1.54) is 0 Å². The average molecular weight is 341 g/mol. The molecule has 0 aromatic carbocycles. The van der Waals surface area contributed by atoms with Crippen LogP contribution in [-0.4, -0.2) is 47.6 Å². The minimum atomic E-state index is 0. The summed E-state index contributed by atoms with van der Waals surface area (Å²) in [6.07, 6.45) is 0. The monoisotopic (exact) mass is 344 g/mol. The predicted molar refractivity (Wildman–Crippen MR) is 18.4 cm³/mol. The van der Waals surface area contributed by atoms with Gasteiger partial charge in [-0.3, -0.25) is 0 Å². The van der Waals surface area contributed by atoms with Crippen LogP contribution in [0.3, 0.4) is 0 Å². The van der Waals surface area contributed by atoms with E-state index in [9.17, 15) is 0 Å². The van der Waals surface area contributed by atoms with Crippen molar-refractivity contribution in [3.05, 3.63) is 0 Å². The van der Waals surface area contributed by atoms with E-state index in [2.05, 4.69) is 0 Å². The maximum atomic E-state index is 0. The first-order valence-electron chi connectivity index (χ1n) is 0. The third kappa shape index (κ3) is 8.82. The molecule has 10 radical (unpaired) electrons. The maximum absolute atomic E-state index is 0. The molecule has 0 N–H and O–H groups in total. The number of hydrogen-bond donors (Lipinski definition) is 0. The molecule has 0 aliphatic rings. The first-order valence-corrected chi connectivity index (χ1v) is 0. The van der Waals surface area contributed by atoms with Gasteiger partial charge in [0.2, 0.25) is 0 Å². The van der Waals surface area contributed by atoms with E-state index < -0.39 is 0 Å². The van der Waals surface area contributed by atoms with E-state index in [4.69, 9.17) is 0 Å². The van der Waals surface area contributed by atoms with Crippen LogP contribution in [0.15, 0.2) is 0 Å². The molecule has 0 aromatic heterocycles. The summed E-state index contributed by atoms with van der Waals surface area (Å²) in [7, 11) is 0. The van der Waals surface area contributed by atoms with Crippen molar-refractivity contribution in [2.45, 2.75) is 0 Å². The molecule has 26 valence electrons. The molecule has 0 unspecified atom stereocenters. The summed E-state index contributed by atoms with van der Waals surface area (Å²) >= 11 is 0. The van der Waals surface area contributed by atoms with E-state index in [1.807, 2.05) is 0 Å². The third-order valence-electron chi connectivity index (χ3n) is 0. The summed E-state index contributed by atoms with van der Waals surface area (Å²) in [5, 5.41) is 0. The molecular weight excluding hydrogens is 341 g/mol. The smallest absolute Gasteiger partial charge is 0 e. The fraction of sp³-hybridized carbons (Fsp3) is 0. The Morgan fingerprint density at radius 3 is 1.00 bits per heavy atom. The van der Waals surface area contributed by atoms with Crippen molar-refractivity contribution in [2.75, 3.05) is 0 Å². The quantitative estimate of drug-likeness (QED) is 0.433. The van der Waals surface area contributed by atoms with Crippen molar-refractivity contribution >= 4 is 57.5 Å². The van der Waals surface area contributed by atoms with Crippen molar-refractivity contribution < 1.29 is 17.1 Å². The van der Waals surface area contributed by atoms with Gasteiger partial charge in [-0.15, -0.1) is 0 Å². The van der Waals surface area contributed by atoms with Gasteiger partial charge in [-0.25, -0.2) is 0 Å². The second-order valence-electron chi connectivity index (χ2n) is 0. The second-order valence-corrected chi connectivity index (χ2v) is 0. The minimum Gasteiger partial charge on any atom is 0 e. The fourth-order valence-electron chi connectivity index (χ4n) is 0. The van der Waals surface area contributed by atoms with Crippen LogP contribution in [0.2, 0.25) is 0 Å². The van der Waals surface area contributed by atoms with Gasteiger partial charge in [-0.05, 0) is 0 Å². The van der Waals surface area contributed by atoms with Crippen LogP contribution >= 0.6 is 9.90 Å². The Bertz CT molecular complexity index is 8.00. The van der Waals surface area contributed by atoms with Gasteiger partial charge < -0.3 is 0 Å². The summed E-state index contributed by atoms with van der Waals surface area (Å²) in [6.45, 7) is 0. The van der Waals surface area contributed by atoms with Crippen LogP contribution in [0, 0.1) is 0 Å². The summed E-state index contributed by atoms with van der Waals surface area (Å²) in [4.78, 5) is 0.